The third-order valence-corrected chi connectivity index (χ3v) is 9.88. The minimum absolute atomic E-state index is 0.0639. The number of alkyl halides is 3. The van der Waals surface area contributed by atoms with Crippen LogP contribution in [0.1, 0.15) is 19.3 Å². The van der Waals surface area contributed by atoms with E-state index in [4.69, 9.17) is 26.8 Å². The van der Waals surface area contributed by atoms with E-state index in [9.17, 15) is 17.6 Å². The number of halogens is 6. The summed E-state index contributed by atoms with van der Waals surface area (Å²) in [5.74, 6) is -2.71. The van der Waals surface area contributed by atoms with E-state index in [1.807, 2.05) is 0 Å². The molecule has 0 saturated carbocycles. The van der Waals surface area contributed by atoms with Crippen molar-refractivity contribution in [3.63, 3.8) is 0 Å². The van der Waals surface area contributed by atoms with Crippen LogP contribution in [0.4, 0.5) is 32.9 Å². The minimum Gasteiger partial charge on any atom is -0.491 e. The van der Waals surface area contributed by atoms with E-state index in [-0.39, 0.29) is 73.1 Å². The van der Waals surface area contributed by atoms with Crippen LogP contribution in [0, 0.1) is 17.6 Å². The van der Waals surface area contributed by atoms with E-state index < -0.39 is 42.3 Å². The highest BCUT2D eigenvalue weighted by atomic mass is 35.5. The number of hydrogen-bond acceptors (Lipinski definition) is 9. The fourth-order valence-electron chi connectivity index (χ4n) is 6.62. The van der Waals surface area contributed by atoms with Gasteiger partial charge in [0.05, 0.1) is 38.7 Å². The zero-order valence-corrected chi connectivity index (χ0v) is 24.4. The average Bonchev–Trinajstić information content (AvgIpc) is 3.62. The van der Waals surface area contributed by atoms with Gasteiger partial charge < -0.3 is 20.1 Å². The molecule has 0 bridgehead atoms. The van der Waals surface area contributed by atoms with Gasteiger partial charge in [-0.05, 0) is 31.5 Å². The van der Waals surface area contributed by atoms with Crippen LogP contribution in [0.3, 0.4) is 0 Å². The largest absolute Gasteiger partial charge is 0.491 e. The second-order valence-corrected chi connectivity index (χ2v) is 12.8. The molecule has 2 N–H and O–H groups in total. The zero-order chi connectivity index (χ0) is 30.2. The van der Waals surface area contributed by atoms with E-state index in [2.05, 4.69) is 19.9 Å². The van der Waals surface area contributed by atoms with Crippen molar-refractivity contribution in [1.82, 2.24) is 19.9 Å². The maximum absolute atomic E-state index is 16.7. The van der Waals surface area contributed by atoms with E-state index in [0.29, 0.717) is 13.0 Å². The Morgan fingerprint density at radius 2 is 2.02 bits per heavy atom. The van der Waals surface area contributed by atoms with Gasteiger partial charge in [0.15, 0.2) is 16.7 Å². The average molecular weight is 641 g/mol. The van der Waals surface area contributed by atoms with E-state index in [1.165, 1.54) is 11.0 Å². The second kappa shape index (κ2) is 10.4. The number of fused-ring (bicyclic) bond motifs is 2. The molecule has 15 heteroatoms. The first kappa shape index (κ1) is 28.5. The van der Waals surface area contributed by atoms with Gasteiger partial charge in [-0.2, -0.15) is 9.97 Å². The molecule has 228 valence electrons. The van der Waals surface area contributed by atoms with Gasteiger partial charge in [0.25, 0.3) is 0 Å². The fraction of sp³-hybridized carbons (Fsp3) is 0.464. The molecule has 0 spiro atoms. The van der Waals surface area contributed by atoms with Gasteiger partial charge in [0.2, 0.25) is 6.43 Å². The predicted molar refractivity (Wildman–Crippen MR) is 154 cm³/mol. The predicted octanol–water partition coefficient (Wildman–Crippen LogP) is 6.09. The first-order valence-electron chi connectivity index (χ1n) is 13.8. The van der Waals surface area contributed by atoms with Gasteiger partial charge in [-0.1, -0.05) is 22.9 Å². The lowest BCUT2D eigenvalue weighted by Crippen LogP contribution is -2.43. The molecular weight excluding hydrogens is 615 g/mol. The molecule has 5 heterocycles. The Balaban J connectivity index is 1.42. The molecule has 0 radical (unpaired) electrons. The van der Waals surface area contributed by atoms with Crippen LogP contribution in [-0.2, 0) is 0 Å². The van der Waals surface area contributed by atoms with Crippen molar-refractivity contribution in [3.8, 4) is 22.9 Å². The summed E-state index contributed by atoms with van der Waals surface area (Å²) in [5.41, 5.74) is 5.09. The number of hydrogen-bond donors (Lipinski definition) is 1. The monoisotopic (exact) mass is 640 g/mol. The molecule has 4 aromatic rings. The molecule has 2 fully saturated rings. The van der Waals surface area contributed by atoms with Crippen LogP contribution in [0.5, 0.6) is 11.8 Å². The molecule has 2 aromatic heterocycles. The number of nitrogen functional groups attached to an aromatic ring is 1. The minimum atomic E-state index is -2.73. The number of ether oxygens (including phenoxy) is 2. The molecular formula is C28H26ClF5N6O2S. The summed E-state index contributed by atoms with van der Waals surface area (Å²) >= 11 is 7.69. The molecule has 3 atom stereocenters. The quantitative estimate of drug-likeness (QED) is 0.263. The number of thiazole rings is 1. The second-order valence-electron chi connectivity index (χ2n) is 11.4. The lowest BCUT2D eigenvalue weighted by Gasteiger charge is -2.32. The summed E-state index contributed by atoms with van der Waals surface area (Å²) in [5, 5.41) is -0.0870. The number of benzene rings is 2. The summed E-state index contributed by atoms with van der Waals surface area (Å²) in [6.45, 7) is 0.571. The van der Waals surface area contributed by atoms with Crippen molar-refractivity contribution in [3.05, 3.63) is 28.8 Å². The molecule has 2 saturated heterocycles. The molecule has 8 nitrogen and oxygen atoms in total. The molecule has 1 unspecified atom stereocenters. The molecule has 43 heavy (non-hydrogen) atoms. The van der Waals surface area contributed by atoms with E-state index in [0.717, 1.165) is 36.8 Å². The van der Waals surface area contributed by atoms with Gasteiger partial charge in [-0.3, -0.25) is 4.90 Å². The normalized spacial score (nSPS) is 24.0. The SMILES string of the molecule is CN1CC(C(F)F)COc2c(Cl)c(-c3ccc(F)c4sc(N)nc34)c(F)c3nc(OC[C@@]45CCCN4C[C@H](F)C5)nc1c23. The van der Waals surface area contributed by atoms with Crippen molar-refractivity contribution < 1.29 is 31.4 Å². The number of aromatic nitrogens is 3. The Bertz CT molecular complexity index is 1760. The molecule has 0 aliphatic carbocycles. The number of anilines is 2. The van der Waals surface area contributed by atoms with Crippen LogP contribution in [0.15, 0.2) is 12.1 Å². The third-order valence-electron chi connectivity index (χ3n) is 8.62. The van der Waals surface area contributed by atoms with Crippen molar-refractivity contribution in [2.75, 3.05) is 50.5 Å². The van der Waals surface area contributed by atoms with Crippen LogP contribution >= 0.6 is 22.9 Å². The van der Waals surface area contributed by atoms with Crippen LogP contribution in [0.25, 0.3) is 32.2 Å². The number of nitrogens with zero attached hydrogens (tertiary/aromatic N) is 5. The summed E-state index contributed by atoms with van der Waals surface area (Å²) in [6, 6.07) is 2.26. The third kappa shape index (κ3) is 4.60. The van der Waals surface area contributed by atoms with Gasteiger partial charge in [0, 0.05) is 37.7 Å². The van der Waals surface area contributed by atoms with Crippen molar-refractivity contribution in [2.24, 2.45) is 5.92 Å². The van der Waals surface area contributed by atoms with E-state index >= 15 is 4.39 Å². The first-order valence-corrected chi connectivity index (χ1v) is 15.0. The van der Waals surface area contributed by atoms with E-state index in [1.54, 1.807) is 7.05 Å². The van der Waals surface area contributed by atoms with Crippen LogP contribution < -0.4 is 20.1 Å². The molecule has 7 rings (SSSR count). The van der Waals surface area contributed by atoms with Gasteiger partial charge in [-0.15, -0.1) is 0 Å². The molecule has 3 aliphatic heterocycles. The van der Waals surface area contributed by atoms with Gasteiger partial charge >= 0.3 is 6.01 Å². The Morgan fingerprint density at radius 1 is 1.21 bits per heavy atom. The molecule has 3 aliphatic rings. The summed E-state index contributed by atoms with van der Waals surface area (Å²) in [6.07, 6.45) is -1.79. The highest BCUT2D eigenvalue weighted by Crippen LogP contribution is 2.49. The van der Waals surface area contributed by atoms with Gasteiger partial charge in [-0.25, -0.2) is 26.9 Å². The van der Waals surface area contributed by atoms with Crippen LogP contribution in [0.2, 0.25) is 5.02 Å². The maximum Gasteiger partial charge on any atom is 0.319 e. The fourth-order valence-corrected chi connectivity index (χ4v) is 7.72. The van der Waals surface area contributed by atoms with Crippen molar-refractivity contribution in [2.45, 2.75) is 37.4 Å². The molecule has 2 aromatic carbocycles. The highest BCUT2D eigenvalue weighted by molar-refractivity contribution is 7.22. The Kier molecular flexibility index (Phi) is 6.93. The zero-order valence-electron chi connectivity index (χ0n) is 22.8. The first-order chi connectivity index (χ1) is 20.6. The lowest BCUT2D eigenvalue weighted by atomic mass is 9.95. The smallest absolute Gasteiger partial charge is 0.319 e. The Morgan fingerprint density at radius 3 is 2.81 bits per heavy atom. The van der Waals surface area contributed by atoms with Crippen molar-refractivity contribution >= 4 is 55.0 Å². The number of rotatable bonds is 5. The highest BCUT2D eigenvalue weighted by Gasteiger charge is 2.49. The summed E-state index contributed by atoms with van der Waals surface area (Å²) < 4.78 is 85.6. The summed E-state index contributed by atoms with van der Waals surface area (Å²) in [4.78, 5) is 16.6. The molecule has 0 amide bonds. The standard InChI is InChI=1S/C28H26ClF5N6O2S/c1-39-8-12(24(33)34)10-41-22-17-21(19(32)16(18(22)29)14-3-4-15(31)23-20(14)36-26(35)43-23)37-27(38-25(17)39)42-11-28-5-2-6-40(28)9-13(30)7-28/h3-4,12-13,24H,2,5-11H2,1H3,(H2,35,36)/t12?,13-,28+/m1/s1. The Hall–Kier alpha value is -3.23. The van der Waals surface area contributed by atoms with Crippen LogP contribution in [-0.4, -0.2) is 77.9 Å². The summed E-state index contributed by atoms with van der Waals surface area (Å²) in [7, 11) is 1.55. The number of nitrogens with two attached hydrogens (primary N) is 1. The van der Waals surface area contributed by atoms with Crippen molar-refractivity contribution in [1.29, 1.82) is 0 Å². The maximum atomic E-state index is 16.7. The Labute approximate surface area is 251 Å². The topological polar surface area (TPSA) is 89.6 Å². The van der Waals surface area contributed by atoms with Gasteiger partial charge in [0.1, 0.15) is 29.9 Å². The lowest BCUT2D eigenvalue weighted by molar-refractivity contribution is 0.0518.